The van der Waals surface area contributed by atoms with Crippen LogP contribution >= 0.6 is 0 Å². The molecule has 0 radical (unpaired) electrons. The summed E-state index contributed by atoms with van der Waals surface area (Å²) in [5.41, 5.74) is 6.26. The molecule has 1 aromatic rings. The number of nitrogens with two attached hydrogens (primary N) is 1. The maximum atomic E-state index is 11.4. The predicted molar refractivity (Wildman–Crippen MR) is 79.1 cm³/mol. The van der Waals surface area contributed by atoms with Crippen molar-refractivity contribution in [1.82, 2.24) is 4.98 Å². The lowest BCUT2D eigenvalue weighted by Crippen LogP contribution is -2.23. The molecular formula is C14H20N4O. The van der Waals surface area contributed by atoms with Gasteiger partial charge in [-0.05, 0) is 12.1 Å². The Morgan fingerprint density at radius 1 is 1.37 bits per heavy atom. The molecule has 0 fully saturated rings. The van der Waals surface area contributed by atoms with Crippen molar-refractivity contribution in [2.75, 3.05) is 29.9 Å². The SMILES string of the molecule is C=CCN(CC=C)c1ccc(NC(=O)CCN)nc1. The van der Waals surface area contributed by atoms with Gasteiger partial charge < -0.3 is 16.0 Å². The second kappa shape index (κ2) is 8.05. The van der Waals surface area contributed by atoms with Crippen LogP contribution < -0.4 is 16.0 Å². The summed E-state index contributed by atoms with van der Waals surface area (Å²) in [6.07, 6.45) is 5.65. The molecule has 0 aliphatic heterocycles. The van der Waals surface area contributed by atoms with E-state index >= 15 is 0 Å². The van der Waals surface area contributed by atoms with E-state index in [-0.39, 0.29) is 5.91 Å². The molecule has 5 heteroatoms. The zero-order chi connectivity index (χ0) is 14.1. The zero-order valence-electron chi connectivity index (χ0n) is 11.0. The molecule has 1 aromatic heterocycles. The highest BCUT2D eigenvalue weighted by molar-refractivity contribution is 5.89. The number of nitrogens with one attached hydrogen (secondary N) is 1. The third kappa shape index (κ3) is 4.93. The second-order valence-electron chi connectivity index (χ2n) is 3.97. The Bertz CT molecular complexity index is 418. The highest BCUT2D eigenvalue weighted by Gasteiger charge is 2.05. The van der Waals surface area contributed by atoms with Gasteiger partial charge in [0.05, 0.1) is 11.9 Å². The normalized spacial score (nSPS) is 9.74. The lowest BCUT2D eigenvalue weighted by molar-refractivity contribution is -0.116. The maximum absolute atomic E-state index is 11.4. The number of pyridine rings is 1. The summed E-state index contributed by atoms with van der Waals surface area (Å²) in [5.74, 6) is 0.399. The Morgan fingerprint density at radius 2 is 2.05 bits per heavy atom. The van der Waals surface area contributed by atoms with Crippen LogP contribution in [-0.4, -0.2) is 30.5 Å². The lowest BCUT2D eigenvalue weighted by Gasteiger charge is -2.21. The molecule has 1 rings (SSSR count). The van der Waals surface area contributed by atoms with E-state index in [0.29, 0.717) is 31.9 Å². The van der Waals surface area contributed by atoms with Gasteiger partial charge in [0, 0.05) is 26.1 Å². The third-order valence-corrected chi connectivity index (χ3v) is 2.45. The van der Waals surface area contributed by atoms with E-state index in [0.717, 1.165) is 5.69 Å². The number of carbonyl (C=O) groups is 1. The Kier molecular flexibility index (Phi) is 6.32. The van der Waals surface area contributed by atoms with Gasteiger partial charge in [-0.15, -0.1) is 13.2 Å². The standard InChI is InChI=1S/C14H20N4O/c1-3-9-18(10-4-2)12-5-6-13(16-11-12)17-14(19)7-8-15/h3-6,11H,1-2,7-10,15H2,(H,16,17,19). The van der Waals surface area contributed by atoms with Gasteiger partial charge >= 0.3 is 0 Å². The highest BCUT2D eigenvalue weighted by atomic mass is 16.1. The summed E-state index contributed by atoms with van der Waals surface area (Å²) in [4.78, 5) is 17.6. The molecule has 102 valence electrons. The minimum absolute atomic E-state index is 0.128. The molecule has 1 amide bonds. The number of aromatic nitrogens is 1. The summed E-state index contributed by atoms with van der Waals surface area (Å²) in [6, 6.07) is 3.67. The summed E-state index contributed by atoms with van der Waals surface area (Å²) in [5, 5.41) is 2.68. The monoisotopic (exact) mass is 260 g/mol. The summed E-state index contributed by atoms with van der Waals surface area (Å²) in [6.45, 7) is 9.20. The van der Waals surface area contributed by atoms with Gasteiger partial charge in [0.1, 0.15) is 5.82 Å². The molecule has 0 aliphatic carbocycles. The molecular weight excluding hydrogens is 240 g/mol. The van der Waals surface area contributed by atoms with Gasteiger partial charge in [0.15, 0.2) is 0 Å². The van der Waals surface area contributed by atoms with Gasteiger partial charge in [-0.3, -0.25) is 4.79 Å². The van der Waals surface area contributed by atoms with Crippen molar-refractivity contribution in [3.63, 3.8) is 0 Å². The number of anilines is 2. The Balaban J connectivity index is 2.70. The van der Waals surface area contributed by atoms with Crippen LogP contribution in [0.2, 0.25) is 0 Å². The summed E-state index contributed by atoms with van der Waals surface area (Å²) < 4.78 is 0. The van der Waals surface area contributed by atoms with Crippen LogP contribution in [0.15, 0.2) is 43.6 Å². The first-order chi connectivity index (χ1) is 9.21. The summed E-state index contributed by atoms with van der Waals surface area (Å²) in [7, 11) is 0. The van der Waals surface area contributed by atoms with Gasteiger partial charge in [-0.2, -0.15) is 0 Å². The molecule has 0 aromatic carbocycles. The fourth-order valence-corrected chi connectivity index (χ4v) is 1.58. The number of nitrogens with zero attached hydrogens (tertiary/aromatic N) is 2. The molecule has 0 aliphatic rings. The van der Waals surface area contributed by atoms with Gasteiger partial charge in [-0.25, -0.2) is 4.98 Å². The molecule has 0 unspecified atom stereocenters. The molecule has 0 atom stereocenters. The molecule has 5 nitrogen and oxygen atoms in total. The van der Waals surface area contributed by atoms with E-state index in [9.17, 15) is 4.79 Å². The number of carbonyl (C=O) groups excluding carboxylic acids is 1. The average Bonchev–Trinajstić information content (AvgIpc) is 2.40. The van der Waals surface area contributed by atoms with E-state index in [2.05, 4.69) is 28.4 Å². The number of hydrogen-bond acceptors (Lipinski definition) is 4. The minimum atomic E-state index is -0.128. The molecule has 0 saturated carbocycles. The number of rotatable bonds is 8. The van der Waals surface area contributed by atoms with Crippen molar-refractivity contribution in [2.45, 2.75) is 6.42 Å². The van der Waals surface area contributed by atoms with Crippen molar-refractivity contribution in [2.24, 2.45) is 5.73 Å². The minimum Gasteiger partial charge on any atom is -0.363 e. The van der Waals surface area contributed by atoms with Crippen LogP contribution in [0.25, 0.3) is 0 Å². The second-order valence-corrected chi connectivity index (χ2v) is 3.97. The van der Waals surface area contributed by atoms with E-state index in [1.165, 1.54) is 0 Å². The molecule has 0 bridgehead atoms. The van der Waals surface area contributed by atoms with Crippen molar-refractivity contribution in [3.05, 3.63) is 43.6 Å². The van der Waals surface area contributed by atoms with Gasteiger partial charge in [0.25, 0.3) is 0 Å². The van der Waals surface area contributed by atoms with Crippen LogP contribution in [-0.2, 0) is 4.79 Å². The van der Waals surface area contributed by atoms with Crippen molar-refractivity contribution in [3.8, 4) is 0 Å². The Labute approximate surface area is 113 Å². The largest absolute Gasteiger partial charge is 0.363 e. The van der Waals surface area contributed by atoms with Crippen molar-refractivity contribution < 1.29 is 4.79 Å². The summed E-state index contributed by atoms with van der Waals surface area (Å²) >= 11 is 0. The third-order valence-electron chi connectivity index (χ3n) is 2.45. The zero-order valence-corrected chi connectivity index (χ0v) is 11.0. The van der Waals surface area contributed by atoms with E-state index in [4.69, 9.17) is 5.73 Å². The Morgan fingerprint density at radius 3 is 2.53 bits per heavy atom. The molecule has 3 N–H and O–H groups in total. The Hall–Kier alpha value is -2.14. The number of amides is 1. The van der Waals surface area contributed by atoms with E-state index in [1.54, 1.807) is 12.3 Å². The van der Waals surface area contributed by atoms with Crippen LogP contribution in [0.3, 0.4) is 0 Å². The molecule has 1 heterocycles. The quantitative estimate of drug-likeness (QED) is 0.696. The van der Waals surface area contributed by atoms with Crippen LogP contribution in [0.5, 0.6) is 0 Å². The smallest absolute Gasteiger partial charge is 0.226 e. The predicted octanol–water partition coefficient (Wildman–Crippen LogP) is 1.55. The number of hydrogen-bond donors (Lipinski definition) is 2. The van der Waals surface area contributed by atoms with E-state index < -0.39 is 0 Å². The van der Waals surface area contributed by atoms with Gasteiger partial charge in [-0.1, -0.05) is 12.2 Å². The average molecular weight is 260 g/mol. The van der Waals surface area contributed by atoms with Crippen LogP contribution in [0.4, 0.5) is 11.5 Å². The first-order valence-electron chi connectivity index (χ1n) is 6.14. The molecule has 0 spiro atoms. The van der Waals surface area contributed by atoms with Gasteiger partial charge in [0.2, 0.25) is 5.91 Å². The fraction of sp³-hybridized carbons (Fsp3) is 0.286. The van der Waals surface area contributed by atoms with Crippen molar-refractivity contribution >= 4 is 17.4 Å². The topological polar surface area (TPSA) is 71.2 Å². The highest BCUT2D eigenvalue weighted by Crippen LogP contribution is 2.15. The first kappa shape index (κ1) is 14.9. The lowest BCUT2D eigenvalue weighted by atomic mass is 10.3. The van der Waals surface area contributed by atoms with Crippen LogP contribution in [0, 0.1) is 0 Å². The van der Waals surface area contributed by atoms with Crippen LogP contribution in [0.1, 0.15) is 6.42 Å². The first-order valence-corrected chi connectivity index (χ1v) is 6.14. The fourth-order valence-electron chi connectivity index (χ4n) is 1.58. The van der Waals surface area contributed by atoms with E-state index in [1.807, 2.05) is 18.2 Å². The van der Waals surface area contributed by atoms with Crippen molar-refractivity contribution in [1.29, 1.82) is 0 Å². The molecule has 19 heavy (non-hydrogen) atoms. The molecule has 0 saturated heterocycles. The maximum Gasteiger partial charge on any atom is 0.226 e.